The molecule has 0 radical (unpaired) electrons. The average Bonchev–Trinajstić information content (AvgIpc) is 3.45. The van der Waals surface area contributed by atoms with E-state index < -0.39 is 0 Å². The Labute approximate surface area is 161 Å². The van der Waals surface area contributed by atoms with Crippen molar-refractivity contribution >= 4 is 6.03 Å². The number of hydrogen-bond donors (Lipinski definition) is 2. The lowest BCUT2D eigenvalue weighted by molar-refractivity contribution is -0.00302. The van der Waals surface area contributed by atoms with Gasteiger partial charge in [0.2, 0.25) is 0 Å². The summed E-state index contributed by atoms with van der Waals surface area (Å²) < 4.78 is 5.55. The molecule has 27 heavy (non-hydrogen) atoms. The summed E-state index contributed by atoms with van der Waals surface area (Å²) in [7, 11) is 1.77. The minimum Gasteiger partial charge on any atom is -0.389 e. The van der Waals surface area contributed by atoms with Crippen molar-refractivity contribution in [3.05, 3.63) is 35.9 Å². The van der Waals surface area contributed by atoms with Crippen molar-refractivity contribution in [2.45, 2.75) is 37.3 Å². The van der Waals surface area contributed by atoms with Crippen molar-refractivity contribution in [2.75, 3.05) is 46.4 Å². The van der Waals surface area contributed by atoms with Crippen LogP contribution in [0.2, 0.25) is 0 Å². The van der Waals surface area contributed by atoms with E-state index in [1.54, 1.807) is 12.0 Å². The number of carbonyl (C=O) groups is 1. The molecular formula is C21H31N3O3. The Balaban J connectivity index is 1.27. The maximum atomic E-state index is 12.5. The lowest BCUT2D eigenvalue weighted by atomic mass is 9.79. The number of amides is 2. The zero-order valence-corrected chi connectivity index (χ0v) is 16.1. The predicted octanol–water partition coefficient (Wildman–Crippen LogP) is 1.66. The van der Waals surface area contributed by atoms with Crippen molar-refractivity contribution in [1.29, 1.82) is 0 Å². The molecule has 2 aliphatic heterocycles. The topological polar surface area (TPSA) is 65.0 Å². The minimum atomic E-state index is -0.341. The first-order valence-corrected chi connectivity index (χ1v) is 10.1. The third-order valence-corrected chi connectivity index (χ3v) is 6.44. The molecule has 6 nitrogen and oxygen atoms in total. The third-order valence-electron chi connectivity index (χ3n) is 6.44. The number of hydrogen-bond acceptors (Lipinski definition) is 4. The van der Waals surface area contributed by atoms with Gasteiger partial charge in [0.25, 0.3) is 0 Å². The quantitative estimate of drug-likeness (QED) is 0.796. The van der Waals surface area contributed by atoms with Crippen LogP contribution in [0.1, 0.15) is 30.7 Å². The molecule has 1 saturated carbocycles. The Bertz CT molecular complexity index is 639. The van der Waals surface area contributed by atoms with Gasteiger partial charge in [-0.05, 0) is 24.8 Å². The number of rotatable bonds is 6. The largest absolute Gasteiger partial charge is 0.389 e. The number of likely N-dealkylation sites (tertiary alicyclic amines) is 2. The highest BCUT2D eigenvalue weighted by atomic mass is 16.5. The van der Waals surface area contributed by atoms with Gasteiger partial charge in [-0.1, -0.05) is 30.3 Å². The molecule has 0 spiro atoms. The molecule has 3 fully saturated rings. The second-order valence-corrected chi connectivity index (χ2v) is 8.50. The van der Waals surface area contributed by atoms with Crippen LogP contribution in [-0.2, 0) is 4.74 Å². The average molecular weight is 373 g/mol. The van der Waals surface area contributed by atoms with Crippen molar-refractivity contribution in [3.63, 3.8) is 0 Å². The SMILES string of the molecule is COCC1(CN[C@@H]2C[C@H]2c2ccccc2)CCN(C(=O)N2CC(O)C2)CC1. The molecule has 2 amide bonds. The standard InChI is InChI=1S/C21H31N3O3/c1-27-15-21(14-22-19-11-18(19)16-5-3-2-4-6-16)7-9-23(10-8-21)20(26)24-12-17(25)13-24/h2-6,17-19,22,25H,7-15H2,1H3/t18-,19+/m0/s1. The number of nitrogens with zero attached hydrogens (tertiary/aromatic N) is 2. The Morgan fingerprint density at radius 2 is 1.93 bits per heavy atom. The molecule has 1 aromatic carbocycles. The van der Waals surface area contributed by atoms with Crippen molar-refractivity contribution in [1.82, 2.24) is 15.1 Å². The maximum absolute atomic E-state index is 12.5. The van der Waals surface area contributed by atoms with Crippen LogP contribution in [-0.4, -0.2) is 79.5 Å². The van der Waals surface area contributed by atoms with Gasteiger partial charge in [0.05, 0.1) is 25.8 Å². The number of piperidine rings is 1. The van der Waals surface area contributed by atoms with Gasteiger partial charge in [0, 0.05) is 44.1 Å². The summed E-state index contributed by atoms with van der Waals surface area (Å²) in [5, 5.41) is 13.2. The number of aliphatic hydroxyl groups excluding tert-OH is 1. The molecule has 1 aliphatic carbocycles. The number of nitrogens with one attached hydrogen (secondary N) is 1. The van der Waals surface area contributed by atoms with E-state index in [0.29, 0.717) is 25.0 Å². The van der Waals surface area contributed by atoms with Crippen LogP contribution in [0.3, 0.4) is 0 Å². The Morgan fingerprint density at radius 3 is 2.56 bits per heavy atom. The van der Waals surface area contributed by atoms with Crippen LogP contribution in [0.4, 0.5) is 4.79 Å². The molecule has 0 bridgehead atoms. The Hall–Kier alpha value is -1.63. The van der Waals surface area contributed by atoms with E-state index in [1.807, 2.05) is 4.90 Å². The first-order valence-electron chi connectivity index (χ1n) is 10.1. The molecule has 0 aromatic heterocycles. The first kappa shape index (κ1) is 18.7. The maximum Gasteiger partial charge on any atom is 0.320 e. The Kier molecular flexibility index (Phi) is 5.39. The van der Waals surface area contributed by atoms with E-state index >= 15 is 0 Å². The second-order valence-electron chi connectivity index (χ2n) is 8.50. The summed E-state index contributed by atoms with van der Waals surface area (Å²) in [5.74, 6) is 0.630. The van der Waals surface area contributed by atoms with Crippen LogP contribution in [0.25, 0.3) is 0 Å². The van der Waals surface area contributed by atoms with Gasteiger partial charge in [-0.3, -0.25) is 0 Å². The molecule has 2 atom stereocenters. The molecule has 6 heteroatoms. The van der Waals surface area contributed by atoms with Gasteiger partial charge < -0.3 is 25.0 Å². The van der Waals surface area contributed by atoms with Gasteiger partial charge in [-0.25, -0.2) is 4.79 Å². The highest BCUT2D eigenvalue weighted by Crippen LogP contribution is 2.42. The van der Waals surface area contributed by atoms with Gasteiger partial charge in [-0.15, -0.1) is 0 Å². The fourth-order valence-electron chi connectivity index (χ4n) is 4.50. The van der Waals surface area contributed by atoms with E-state index in [2.05, 4.69) is 35.6 Å². The lowest BCUT2D eigenvalue weighted by Crippen LogP contribution is -2.59. The van der Waals surface area contributed by atoms with Crippen LogP contribution < -0.4 is 5.32 Å². The normalized spacial score (nSPS) is 27.3. The van der Waals surface area contributed by atoms with E-state index in [4.69, 9.17) is 4.74 Å². The van der Waals surface area contributed by atoms with Crippen LogP contribution in [0, 0.1) is 5.41 Å². The second kappa shape index (κ2) is 7.78. The van der Waals surface area contributed by atoms with Gasteiger partial charge in [0.15, 0.2) is 0 Å². The van der Waals surface area contributed by atoms with Crippen LogP contribution >= 0.6 is 0 Å². The third kappa shape index (κ3) is 4.13. The van der Waals surface area contributed by atoms with Gasteiger partial charge in [-0.2, -0.15) is 0 Å². The number of ether oxygens (including phenoxy) is 1. The van der Waals surface area contributed by atoms with E-state index in [1.165, 1.54) is 12.0 Å². The number of aliphatic hydroxyl groups is 1. The smallest absolute Gasteiger partial charge is 0.320 e. The van der Waals surface area contributed by atoms with Crippen molar-refractivity contribution in [3.8, 4) is 0 Å². The first-order chi connectivity index (χ1) is 13.1. The Morgan fingerprint density at radius 1 is 1.22 bits per heavy atom. The summed E-state index contributed by atoms with van der Waals surface area (Å²) in [5.41, 5.74) is 1.53. The molecule has 148 valence electrons. The highest BCUT2D eigenvalue weighted by molar-refractivity contribution is 5.75. The molecule has 1 aromatic rings. The summed E-state index contributed by atoms with van der Waals surface area (Å²) >= 11 is 0. The highest BCUT2D eigenvalue weighted by Gasteiger charge is 2.42. The number of methoxy groups -OCH3 is 1. The summed E-state index contributed by atoms with van der Waals surface area (Å²) in [6.07, 6.45) is 2.78. The summed E-state index contributed by atoms with van der Waals surface area (Å²) in [6.45, 7) is 4.16. The van der Waals surface area contributed by atoms with E-state index in [0.717, 1.165) is 39.1 Å². The zero-order chi connectivity index (χ0) is 18.9. The number of urea groups is 1. The lowest BCUT2D eigenvalue weighted by Gasteiger charge is -2.45. The van der Waals surface area contributed by atoms with Crippen molar-refractivity contribution < 1.29 is 14.6 Å². The molecule has 2 heterocycles. The van der Waals surface area contributed by atoms with Crippen LogP contribution in [0.5, 0.6) is 0 Å². The van der Waals surface area contributed by atoms with E-state index in [9.17, 15) is 9.90 Å². The van der Waals surface area contributed by atoms with E-state index in [-0.39, 0.29) is 17.6 Å². The molecule has 2 saturated heterocycles. The zero-order valence-electron chi connectivity index (χ0n) is 16.1. The predicted molar refractivity (Wildman–Crippen MR) is 104 cm³/mol. The van der Waals surface area contributed by atoms with Crippen molar-refractivity contribution in [2.24, 2.45) is 5.41 Å². The fourth-order valence-corrected chi connectivity index (χ4v) is 4.50. The minimum absolute atomic E-state index is 0.0746. The molecule has 4 rings (SSSR count). The number of carbonyl (C=O) groups excluding carboxylic acids is 1. The molecule has 0 unspecified atom stereocenters. The molecule has 3 aliphatic rings. The fraction of sp³-hybridized carbons (Fsp3) is 0.667. The van der Waals surface area contributed by atoms with Gasteiger partial charge in [0.1, 0.15) is 0 Å². The van der Waals surface area contributed by atoms with Crippen LogP contribution in [0.15, 0.2) is 30.3 Å². The van der Waals surface area contributed by atoms with Gasteiger partial charge >= 0.3 is 6.03 Å². The number of β-amino-alcohol motifs (C(OH)–C–C–N with tert-alkyl or cyclic N) is 1. The summed E-state index contributed by atoms with van der Waals surface area (Å²) in [6, 6.07) is 11.4. The summed E-state index contributed by atoms with van der Waals surface area (Å²) in [4.78, 5) is 16.1. The number of benzene rings is 1. The molecule has 2 N–H and O–H groups in total. The monoisotopic (exact) mass is 373 g/mol. The molecular weight excluding hydrogens is 342 g/mol.